The van der Waals surface area contributed by atoms with E-state index in [0.717, 1.165) is 24.3 Å². The maximum absolute atomic E-state index is 11.8. The van der Waals surface area contributed by atoms with Gasteiger partial charge in [-0.15, -0.1) is 11.3 Å². The number of nitrogens with zero attached hydrogens (tertiary/aromatic N) is 1. The van der Waals surface area contributed by atoms with Gasteiger partial charge >= 0.3 is 0 Å². The number of aromatic nitrogens is 1. The lowest BCUT2D eigenvalue weighted by Gasteiger charge is -2.15. The van der Waals surface area contributed by atoms with Gasteiger partial charge in [0.1, 0.15) is 0 Å². The topological polar surface area (TPSA) is 42.0 Å². The molecule has 1 fully saturated rings. The summed E-state index contributed by atoms with van der Waals surface area (Å²) in [4.78, 5) is 16.0. The van der Waals surface area contributed by atoms with Crippen molar-refractivity contribution in [3.8, 4) is 0 Å². The van der Waals surface area contributed by atoms with Gasteiger partial charge in [-0.1, -0.05) is 25.7 Å². The number of amides is 1. The van der Waals surface area contributed by atoms with Crippen LogP contribution in [0.1, 0.15) is 50.0 Å². The Hall–Kier alpha value is -0.900. The number of nitrogens with one attached hydrogen (secondary N) is 1. The molecule has 94 valence electrons. The SMILES string of the molecule is O=C(CCc1nccs1)NC1CCCCCC1. The molecule has 1 aliphatic carbocycles. The van der Waals surface area contributed by atoms with Crippen molar-refractivity contribution in [1.82, 2.24) is 10.3 Å². The zero-order valence-electron chi connectivity index (χ0n) is 10.2. The lowest BCUT2D eigenvalue weighted by atomic mass is 10.1. The van der Waals surface area contributed by atoms with Crippen LogP contribution in [0.3, 0.4) is 0 Å². The quantitative estimate of drug-likeness (QED) is 0.837. The Balaban J connectivity index is 1.69. The minimum absolute atomic E-state index is 0.187. The summed E-state index contributed by atoms with van der Waals surface area (Å²) >= 11 is 1.62. The first kappa shape index (κ1) is 12.6. The predicted octanol–water partition coefficient (Wildman–Crippen LogP) is 2.91. The number of aryl methyl sites for hydroxylation is 1. The standard InChI is InChI=1S/C13H20N2OS/c16-12(7-8-13-14-9-10-17-13)15-11-5-3-1-2-4-6-11/h9-11H,1-8H2,(H,15,16). The zero-order chi connectivity index (χ0) is 11.9. The molecule has 1 saturated carbocycles. The highest BCUT2D eigenvalue weighted by molar-refractivity contribution is 7.09. The average molecular weight is 252 g/mol. The maximum Gasteiger partial charge on any atom is 0.220 e. The first-order valence-corrected chi connectivity index (χ1v) is 7.40. The zero-order valence-corrected chi connectivity index (χ0v) is 11.0. The molecule has 0 bridgehead atoms. The summed E-state index contributed by atoms with van der Waals surface area (Å²) in [6.07, 6.45) is 10.6. The average Bonchev–Trinajstić information content (AvgIpc) is 2.72. The molecule has 1 aliphatic rings. The fraction of sp³-hybridized carbons (Fsp3) is 0.692. The summed E-state index contributed by atoms with van der Waals surface area (Å²) < 4.78 is 0. The van der Waals surface area contributed by atoms with E-state index in [0.29, 0.717) is 12.5 Å². The lowest BCUT2D eigenvalue weighted by Crippen LogP contribution is -2.34. The molecule has 1 N–H and O–H groups in total. The van der Waals surface area contributed by atoms with E-state index < -0.39 is 0 Å². The van der Waals surface area contributed by atoms with Gasteiger partial charge in [0.25, 0.3) is 0 Å². The molecule has 0 radical (unpaired) electrons. The minimum atomic E-state index is 0.187. The summed E-state index contributed by atoms with van der Waals surface area (Å²) in [7, 11) is 0. The van der Waals surface area contributed by atoms with E-state index in [4.69, 9.17) is 0 Å². The molecule has 0 atom stereocenters. The van der Waals surface area contributed by atoms with E-state index in [1.54, 1.807) is 17.5 Å². The third-order valence-electron chi connectivity index (χ3n) is 3.27. The molecule has 4 heteroatoms. The van der Waals surface area contributed by atoms with E-state index >= 15 is 0 Å². The van der Waals surface area contributed by atoms with Gasteiger partial charge in [-0.2, -0.15) is 0 Å². The molecule has 0 aliphatic heterocycles. The Labute approximate surface area is 107 Å². The van der Waals surface area contributed by atoms with Crippen LogP contribution in [-0.4, -0.2) is 16.9 Å². The van der Waals surface area contributed by atoms with Crippen molar-refractivity contribution < 1.29 is 4.79 Å². The third-order valence-corrected chi connectivity index (χ3v) is 4.11. The molecule has 17 heavy (non-hydrogen) atoms. The molecule has 1 aromatic heterocycles. The highest BCUT2D eigenvalue weighted by Gasteiger charge is 2.14. The lowest BCUT2D eigenvalue weighted by molar-refractivity contribution is -0.121. The van der Waals surface area contributed by atoms with Crippen molar-refractivity contribution in [3.05, 3.63) is 16.6 Å². The molecule has 2 rings (SSSR count). The van der Waals surface area contributed by atoms with Crippen LogP contribution in [0.2, 0.25) is 0 Å². The molecule has 0 unspecified atom stereocenters. The van der Waals surface area contributed by atoms with E-state index in [1.807, 2.05) is 5.38 Å². The second-order valence-electron chi connectivity index (χ2n) is 4.68. The fourth-order valence-corrected chi connectivity index (χ4v) is 2.94. The minimum Gasteiger partial charge on any atom is -0.353 e. The van der Waals surface area contributed by atoms with E-state index in [-0.39, 0.29) is 5.91 Å². The summed E-state index contributed by atoms with van der Waals surface area (Å²) in [6, 6.07) is 0.418. The van der Waals surface area contributed by atoms with Crippen LogP contribution in [0.4, 0.5) is 0 Å². The first-order valence-electron chi connectivity index (χ1n) is 6.52. The Morgan fingerprint density at radius 1 is 1.35 bits per heavy atom. The van der Waals surface area contributed by atoms with Crippen molar-refractivity contribution in [2.45, 2.75) is 57.4 Å². The van der Waals surface area contributed by atoms with Gasteiger partial charge in [0.2, 0.25) is 5.91 Å². The number of hydrogen-bond donors (Lipinski definition) is 1. The molecule has 1 aromatic rings. The number of carbonyl (C=O) groups is 1. The smallest absolute Gasteiger partial charge is 0.220 e. The number of rotatable bonds is 4. The van der Waals surface area contributed by atoms with Gasteiger partial charge in [-0.3, -0.25) is 4.79 Å². The largest absolute Gasteiger partial charge is 0.353 e. The van der Waals surface area contributed by atoms with Gasteiger partial charge in [0.05, 0.1) is 5.01 Å². The number of carbonyl (C=O) groups excluding carboxylic acids is 1. The van der Waals surface area contributed by atoms with Crippen molar-refractivity contribution in [2.75, 3.05) is 0 Å². The summed E-state index contributed by atoms with van der Waals surface area (Å²) in [5, 5.41) is 6.17. The van der Waals surface area contributed by atoms with E-state index in [9.17, 15) is 4.79 Å². The molecule has 3 nitrogen and oxygen atoms in total. The maximum atomic E-state index is 11.8. The van der Waals surface area contributed by atoms with Crippen LogP contribution in [0, 0.1) is 0 Å². The van der Waals surface area contributed by atoms with Crippen LogP contribution < -0.4 is 5.32 Å². The van der Waals surface area contributed by atoms with Crippen LogP contribution in [0.5, 0.6) is 0 Å². The fourth-order valence-electron chi connectivity index (χ4n) is 2.32. The van der Waals surface area contributed by atoms with E-state index in [2.05, 4.69) is 10.3 Å². The van der Waals surface area contributed by atoms with E-state index in [1.165, 1.54) is 25.7 Å². The highest BCUT2D eigenvalue weighted by atomic mass is 32.1. The summed E-state index contributed by atoms with van der Waals surface area (Å²) in [6.45, 7) is 0. The van der Waals surface area contributed by atoms with Gasteiger partial charge in [0, 0.05) is 30.5 Å². The Bertz CT molecular complexity index is 329. The number of thiazole rings is 1. The second-order valence-corrected chi connectivity index (χ2v) is 5.66. The van der Waals surface area contributed by atoms with Crippen LogP contribution in [0.15, 0.2) is 11.6 Å². The second kappa shape index (κ2) is 6.74. The third kappa shape index (κ3) is 4.46. The monoisotopic (exact) mass is 252 g/mol. The van der Waals surface area contributed by atoms with Crippen LogP contribution in [-0.2, 0) is 11.2 Å². The Morgan fingerprint density at radius 2 is 2.12 bits per heavy atom. The van der Waals surface area contributed by atoms with Crippen LogP contribution >= 0.6 is 11.3 Å². The summed E-state index contributed by atoms with van der Waals surface area (Å²) in [5.74, 6) is 0.187. The predicted molar refractivity (Wildman–Crippen MR) is 70.1 cm³/mol. The number of hydrogen-bond acceptors (Lipinski definition) is 3. The molecule has 1 amide bonds. The molecule has 0 spiro atoms. The van der Waals surface area contributed by atoms with Crippen LogP contribution in [0.25, 0.3) is 0 Å². The van der Waals surface area contributed by atoms with Gasteiger partial charge in [-0.25, -0.2) is 4.98 Å². The van der Waals surface area contributed by atoms with Crippen molar-refractivity contribution in [3.63, 3.8) is 0 Å². The summed E-state index contributed by atoms with van der Waals surface area (Å²) in [5.41, 5.74) is 0. The molecule has 0 aromatic carbocycles. The Morgan fingerprint density at radius 3 is 2.76 bits per heavy atom. The molecule has 0 saturated heterocycles. The molecule has 1 heterocycles. The molecular weight excluding hydrogens is 232 g/mol. The van der Waals surface area contributed by atoms with Gasteiger partial charge in [-0.05, 0) is 12.8 Å². The van der Waals surface area contributed by atoms with Gasteiger partial charge in [0.15, 0.2) is 0 Å². The van der Waals surface area contributed by atoms with Crippen molar-refractivity contribution in [1.29, 1.82) is 0 Å². The highest BCUT2D eigenvalue weighted by Crippen LogP contribution is 2.17. The van der Waals surface area contributed by atoms with Gasteiger partial charge < -0.3 is 5.32 Å². The van der Waals surface area contributed by atoms with Crippen molar-refractivity contribution in [2.24, 2.45) is 0 Å². The first-order chi connectivity index (χ1) is 8.34. The normalized spacial score (nSPS) is 17.6. The molecular formula is C13H20N2OS. The Kier molecular flexibility index (Phi) is 4.98. The van der Waals surface area contributed by atoms with Crippen molar-refractivity contribution >= 4 is 17.2 Å².